The number of hydrogen-bond acceptors (Lipinski definition) is 8. The smallest absolute Gasteiger partial charge is 0.258 e. The summed E-state index contributed by atoms with van der Waals surface area (Å²) in [6.45, 7) is 6.56. The van der Waals surface area contributed by atoms with Crippen LogP contribution in [0.25, 0.3) is 0 Å². The summed E-state index contributed by atoms with van der Waals surface area (Å²) in [5.74, 6) is 1.66. The average Bonchev–Trinajstić information content (AvgIpc) is 3.38. The van der Waals surface area contributed by atoms with Crippen LogP contribution in [0.15, 0.2) is 36.4 Å². The molecule has 0 unspecified atom stereocenters. The molecule has 2 aromatic carbocycles. The number of hydrogen-bond donors (Lipinski definition) is 2. The second-order valence-corrected chi connectivity index (χ2v) is 11.2. The molecule has 10 heteroatoms. The van der Waals surface area contributed by atoms with Gasteiger partial charge in [0.05, 0.1) is 18.2 Å². The largest absolute Gasteiger partial charge is 0.488 e. The Labute approximate surface area is 236 Å². The summed E-state index contributed by atoms with van der Waals surface area (Å²) in [7, 11) is 5.98. The zero-order chi connectivity index (χ0) is 28.8. The monoisotopic (exact) mass is 554 g/mol. The second-order valence-electron chi connectivity index (χ2n) is 11.2. The number of ether oxygens (including phenoxy) is 3. The molecule has 0 spiro atoms. The average molecular weight is 555 g/mol. The van der Waals surface area contributed by atoms with Crippen molar-refractivity contribution in [3.05, 3.63) is 47.5 Å². The Morgan fingerprint density at radius 3 is 2.62 bits per heavy atom. The Morgan fingerprint density at radius 1 is 1.12 bits per heavy atom. The lowest BCUT2D eigenvalue weighted by Crippen LogP contribution is -2.49. The van der Waals surface area contributed by atoms with E-state index in [9.17, 15) is 14.7 Å². The molecule has 2 aromatic rings. The molecule has 2 aliphatic rings. The predicted molar refractivity (Wildman–Crippen MR) is 153 cm³/mol. The molecule has 218 valence electrons. The molecule has 4 rings (SSSR count). The van der Waals surface area contributed by atoms with Gasteiger partial charge in [0.1, 0.15) is 11.9 Å². The normalized spacial score (nSPS) is 19.2. The number of rotatable bonds is 11. The number of fused-ring (bicyclic) bond motifs is 2. The van der Waals surface area contributed by atoms with Crippen molar-refractivity contribution in [2.45, 2.75) is 45.4 Å². The summed E-state index contributed by atoms with van der Waals surface area (Å²) in [6.07, 6.45) is 0.918. The quantitative estimate of drug-likeness (QED) is 0.437. The van der Waals surface area contributed by atoms with Crippen molar-refractivity contribution >= 4 is 17.5 Å². The van der Waals surface area contributed by atoms with Crippen molar-refractivity contribution in [1.82, 2.24) is 14.7 Å². The first-order chi connectivity index (χ1) is 19.1. The molecule has 40 heavy (non-hydrogen) atoms. The van der Waals surface area contributed by atoms with Crippen LogP contribution in [0.2, 0.25) is 0 Å². The highest BCUT2D eigenvalue weighted by atomic mass is 16.7. The molecule has 3 atom stereocenters. The maximum atomic E-state index is 13.7. The molecule has 0 radical (unpaired) electrons. The molecule has 2 amide bonds. The maximum absolute atomic E-state index is 13.7. The van der Waals surface area contributed by atoms with Crippen molar-refractivity contribution in [1.29, 1.82) is 0 Å². The van der Waals surface area contributed by atoms with E-state index < -0.39 is 0 Å². The van der Waals surface area contributed by atoms with E-state index >= 15 is 0 Å². The van der Waals surface area contributed by atoms with Crippen molar-refractivity contribution in [2.24, 2.45) is 5.92 Å². The van der Waals surface area contributed by atoms with Crippen LogP contribution in [0.1, 0.15) is 42.6 Å². The van der Waals surface area contributed by atoms with Gasteiger partial charge < -0.3 is 34.4 Å². The Balaban J connectivity index is 1.51. The highest BCUT2D eigenvalue weighted by Crippen LogP contribution is 2.33. The number of aliphatic hydroxyl groups is 1. The number of amides is 2. The number of carbonyl (C=O) groups is 2. The fourth-order valence-electron chi connectivity index (χ4n) is 5.02. The van der Waals surface area contributed by atoms with Gasteiger partial charge in [-0.25, -0.2) is 0 Å². The zero-order valence-corrected chi connectivity index (χ0v) is 24.2. The number of aliphatic hydroxyl groups excluding tert-OH is 1. The van der Waals surface area contributed by atoms with Crippen LogP contribution in [0.5, 0.6) is 17.2 Å². The zero-order valence-electron chi connectivity index (χ0n) is 24.2. The summed E-state index contributed by atoms with van der Waals surface area (Å²) in [4.78, 5) is 32.1. The number of nitrogens with zero attached hydrogens (tertiary/aromatic N) is 3. The summed E-state index contributed by atoms with van der Waals surface area (Å²) >= 11 is 0. The minimum atomic E-state index is -0.364. The number of benzene rings is 2. The first kappa shape index (κ1) is 29.6. The summed E-state index contributed by atoms with van der Waals surface area (Å²) in [5, 5.41) is 12.8. The van der Waals surface area contributed by atoms with Gasteiger partial charge in [0, 0.05) is 37.7 Å². The van der Waals surface area contributed by atoms with Crippen molar-refractivity contribution < 1.29 is 28.9 Å². The highest BCUT2D eigenvalue weighted by Gasteiger charge is 2.33. The van der Waals surface area contributed by atoms with Crippen LogP contribution >= 0.6 is 0 Å². The fourth-order valence-corrected chi connectivity index (χ4v) is 5.02. The van der Waals surface area contributed by atoms with E-state index in [0.717, 1.165) is 30.0 Å². The lowest BCUT2D eigenvalue weighted by Gasteiger charge is -2.38. The number of carbonyl (C=O) groups excluding carboxylic acids is 2. The first-order valence-electron chi connectivity index (χ1n) is 13.9. The maximum Gasteiger partial charge on any atom is 0.258 e. The van der Waals surface area contributed by atoms with E-state index in [-0.39, 0.29) is 43.3 Å². The third-order valence-electron chi connectivity index (χ3n) is 7.34. The van der Waals surface area contributed by atoms with E-state index in [1.807, 2.05) is 51.2 Å². The van der Waals surface area contributed by atoms with Gasteiger partial charge in [-0.05, 0) is 76.9 Å². The third-order valence-corrected chi connectivity index (χ3v) is 7.34. The van der Waals surface area contributed by atoms with Gasteiger partial charge >= 0.3 is 0 Å². The Bertz CT molecular complexity index is 1190. The molecule has 0 saturated carbocycles. The molecule has 2 aliphatic heterocycles. The Kier molecular flexibility index (Phi) is 9.89. The van der Waals surface area contributed by atoms with Gasteiger partial charge in [-0.1, -0.05) is 13.0 Å². The second kappa shape index (κ2) is 13.3. The van der Waals surface area contributed by atoms with Crippen LogP contribution in [0, 0.1) is 5.92 Å². The van der Waals surface area contributed by atoms with Crippen LogP contribution in [0.3, 0.4) is 0 Å². The number of anilines is 1. The molecule has 0 fully saturated rings. The number of nitrogens with one attached hydrogen (secondary N) is 1. The van der Waals surface area contributed by atoms with Crippen molar-refractivity contribution in [2.75, 3.05) is 59.5 Å². The fraction of sp³-hybridized carbons (Fsp3) is 0.533. The topological polar surface area (TPSA) is 104 Å². The van der Waals surface area contributed by atoms with Crippen LogP contribution < -0.4 is 19.5 Å². The van der Waals surface area contributed by atoms with Gasteiger partial charge in [-0.15, -0.1) is 0 Å². The highest BCUT2D eigenvalue weighted by molar-refractivity contribution is 5.99. The lowest BCUT2D eigenvalue weighted by molar-refractivity contribution is -0.116. The van der Waals surface area contributed by atoms with Crippen LogP contribution in [0.4, 0.5) is 5.69 Å². The molecular weight excluding hydrogens is 512 g/mol. The molecular formula is C30H42N4O6. The van der Waals surface area contributed by atoms with Gasteiger partial charge in [0.15, 0.2) is 11.5 Å². The molecule has 0 saturated heterocycles. The van der Waals surface area contributed by atoms with E-state index in [4.69, 9.17) is 14.2 Å². The van der Waals surface area contributed by atoms with Crippen LogP contribution in [-0.4, -0.2) is 97.9 Å². The molecule has 0 aliphatic carbocycles. The Morgan fingerprint density at radius 2 is 1.88 bits per heavy atom. The standard InChI is InChI=1S/C30H42N4O6/c1-20-15-34(21(2)18-35)30(37)24-14-23(31-29(36)7-6-12-32(3)4)9-11-25(24)40-28(20)17-33(5)16-22-8-10-26-27(13-22)39-19-38-26/h8-11,13-14,20-21,28,35H,6-7,12,15-19H2,1-5H3,(H,31,36)/t20-,21+,28-/m0/s1. The molecule has 10 nitrogen and oxygen atoms in total. The molecule has 2 N–H and O–H groups in total. The summed E-state index contributed by atoms with van der Waals surface area (Å²) in [5.41, 5.74) is 2.02. The lowest BCUT2D eigenvalue weighted by atomic mass is 9.99. The van der Waals surface area contributed by atoms with Crippen LogP contribution in [-0.2, 0) is 11.3 Å². The SMILES string of the molecule is C[C@H](CO)N1C[C@H](C)[C@H](CN(C)Cc2ccc3c(c2)OCO3)Oc2ccc(NC(=O)CCCN(C)C)cc2C1=O. The van der Waals surface area contributed by atoms with Gasteiger partial charge in [0.25, 0.3) is 5.91 Å². The molecule has 0 bridgehead atoms. The van der Waals surface area contributed by atoms with Crippen molar-refractivity contribution in [3.63, 3.8) is 0 Å². The van der Waals surface area contributed by atoms with Gasteiger partial charge in [-0.3, -0.25) is 14.5 Å². The van der Waals surface area contributed by atoms with Crippen molar-refractivity contribution in [3.8, 4) is 17.2 Å². The minimum absolute atomic E-state index is 0.00128. The molecule has 0 aromatic heterocycles. The predicted octanol–water partition coefficient (Wildman–Crippen LogP) is 3.05. The minimum Gasteiger partial charge on any atom is -0.488 e. The summed E-state index contributed by atoms with van der Waals surface area (Å²) in [6, 6.07) is 10.8. The van der Waals surface area contributed by atoms with E-state index in [2.05, 4.69) is 17.1 Å². The summed E-state index contributed by atoms with van der Waals surface area (Å²) < 4.78 is 17.4. The van der Waals surface area contributed by atoms with Gasteiger partial charge in [-0.2, -0.15) is 0 Å². The third kappa shape index (κ3) is 7.44. The number of likely N-dealkylation sites (N-methyl/N-ethyl adjacent to an activating group) is 1. The van der Waals surface area contributed by atoms with E-state index in [0.29, 0.717) is 43.1 Å². The molecule has 2 heterocycles. The van der Waals surface area contributed by atoms with E-state index in [1.165, 1.54) is 0 Å². The van der Waals surface area contributed by atoms with Gasteiger partial charge in [0.2, 0.25) is 12.7 Å². The van der Waals surface area contributed by atoms with E-state index in [1.54, 1.807) is 23.1 Å². The Hall–Kier alpha value is -3.34. The first-order valence-corrected chi connectivity index (χ1v) is 13.9.